The minimum atomic E-state index is -0.354. The number of rotatable bonds is 3. The van der Waals surface area contributed by atoms with Crippen molar-refractivity contribution < 1.29 is 4.39 Å². The van der Waals surface area contributed by atoms with Gasteiger partial charge in [-0.25, -0.2) is 4.39 Å². The Bertz CT molecular complexity index is 524. The largest absolute Gasteiger partial charge is 0.324 e. The smallest absolute Gasteiger partial charge is 0.124 e. The Balaban J connectivity index is 2.17. The van der Waals surface area contributed by atoms with E-state index < -0.39 is 0 Å². The maximum atomic E-state index is 12.9. The van der Waals surface area contributed by atoms with Gasteiger partial charge in [0.15, 0.2) is 0 Å². The lowest BCUT2D eigenvalue weighted by Gasteiger charge is -2.12. The molecule has 2 aromatic rings. The van der Waals surface area contributed by atoms with E-state index in [1.54, 1.807) is 16.9 Å². The van der Waals surface area contributed by atoms with E-state index in [2.05, 4.69) is 5.10 Å². The summed E-state index contributed by atoms with van der Waals surface area (Å²) in [6, 6.07) is 4.01. The van der Waals surface area contributed by atoms with Crippen LogP contribution in [-0.4, -0.2) is 9.78 Å². The molecule has 0 radical (unpaired) electrons. The molecular weight excluding hydrogens is 241 g/mol. The number of nitrogens with two attached hydrogens (primary N) is 1. The minimum Gasteiger partial charge on any atom is -0.324 e. The van der Waals surface area contributed by atoms with E-state index in [0.717, 1.165) is 11.1 Å². The second kappa shape index (κ2) is 4.85. The first-order valence-corrected chi connectivity index (χ1v) is 5.62. The maximum absolute atomic E-state index is 12.9. The molecule has 1 unspecified atom stereocenters. The third-order valence-electron chi connectivity index (χ3n) is 2.58. The predicted octanol–water partition coefficient (Wildman–Crippen LogP) is 2.46. The molecule has 3 nitrogen and oxygen atoms in total. The first kappa shape index (κ1) is 12.1. The van der Waals surface area contributed by atoms with Crippen molar-refractivity contribution in [1.29, 1.82) is 0 Å². The second-order valence-corrected chi connectivity index (χ2v) is 4.41. The van der Waals surface area contributed by atoms with Crippen molar-refractivity contribution in [3.8, 4) is 0 Å². The summed E-state index contributed by atoms with van der Waals surface area (Å²) in [5.74, 6) is -0.354. The normalized spacial score (nSPS) is 12.7. The van der Waals surface area contributed by atoms with Gasteiger partial charge >= 0.3 is 0 Å². The van der Waals surface area contributed by atoms with Gasteiger partial charge in [0.2, 0.25) is 0 Å². The van der Waals surface area contributed by atoms with Gasteiger partial charge in [-0.3, -0.25) is 4.68 Å². The summed E-state index contributed by atoms with van der Waals surface area (Å²) in [6.07, 6.45) is 4.29. The number of aromatic nitrogens is 2. The lowest BCUT2D eigenvalue weighted by Crippen LogP contribution is -2.13. The van der Waals surface area contributed by atoms with Crippen molar-refractivity contribution in [2.45, 2.75) is 12.5 Å². The molecule has 0 saturated heterocycles. The Morgan fingerprint density at radius 1 is 1.53 bits per heavy atom. The number of halogens is 2. The van der Waals surface area contributed by atoms with Gasteiger partial charge in [0.1, 0.15) is 5.82 Å². The molecule has 2 N–H and O–H groups in total. The lowest BCUT2D eigenvalue weighted by atomic mass is 10.0. The van der Waals surface area contributed by atoms with Crippen molar-refractivity contribution in [3.05, 3.63) is 52.6 Å². The third-order valence-corrected chi connectivity index (χ3v) is 2.90. The van der Waals surface area contributed by atoms with Crippen LogP contribution in [0.25, 0.3) is 0 Å². The highest BCUT2D eigenvalue weighted by atomic mass is 35.5. The summed E-state index contributed by atoms with van der Waals surface area (Å²) in [7, 11) is 1.85. The van der Waals surface area contributed by atoms with Crippen LogP contribution in [0.15, 0.2) is 30.6 Å². The van der Waals surface area contributed by atoms with Crippen LogP contribution in [0.1, 0.15) is 17.2 Å². The van der Waals surface area contributed by atoms with Crippen LogP contribution in [0, 0.1) is 5.82 Å². The van der Waals surface area contributed by atoms with Crippen molar-refractivity contribution >= 4 is 11.6 Å². The molecular formula is C12H13ClFN3. The van der Waals surface area contributed by atoms with Crippen molar-refractivity contribution in [1.82, 2.24) is 9.78 Å². The Hall–Kier alpha value is -1.39. The van der Waals surface area contributed by atoms with Crippen LogP contribution in [0.3, 0.4) is 0 Å². The molecule has 5 heteroatoms. The molecule has 1 aromatic heterocycles. The molecule has 0 fully saturated rings. The first-order chi connectivity index (χ1) is 8.06. The minimum absolute atomic E-state index is 0.257. The van der Waals surface area contributed by atoms with E-state index in [-0.39, 0.29) is 11.9 Å². The SMILES string of the molecule is Cn1cc(CC(N)c2ccc(F)cc2Cl)cn1. The number of hydrogen-bond acceptors (Lipinski definition) is 2. The van der Waals surface area contributed by atoms with E-state index in [0.29, 0.717) is 11.4 Å². The number of hydrogen-bond donors (Lipinski definition) is 1. The van der Waals surface area contributed by atoms with Crippen LogP contribution in [0.4, 0.5) is 4.39 Å². The molecule has 0 saturated carbocycles. The highest BCUT2D eigenvalue weighted by molar-refractivity contribution is 6.31. The fraction of sp³-hybridized carbons (Fsp3) is 0.250. The molecule has 0 aliphatic heterocycles. The molecule has 0 bridgehead atoms. The van der Waals surface area contributed by atoms with E-state index in [1.807, 2.05) is 13.2 Å². The molecule has 2 rings (SSSR count). The van der Waals surface area contributed by atoms with E-state index in [4.69, 9.17) is 17.3 Å². The first-order valence-electron chi connectivity index (χ1n) is 5.24. The molecule has 0 aliphatic carbocycles. The number of aryl methyl sites for hydroxylation is 1. The highest BCUT2D eigenvalue weighted by Gasteiger charge is 2.12. The molecule has 90 valence electrons. The standard InChI is InChI=1S/C12H13ClFN3/c1-17-7-8(6-16-17)4-12(15)10-3-2-9(14)5-11(10)13/h2-3,5-7,12H,4,15H2,1H3. The number of benzene rings is 1. The summed E-state index contributed by atoms with van der Waals surface area (Å²) in [4.78, 5) is 0. The lowest BCUT2D eigenvalue weighted by molar-refractivity contribution is 0.624. The number of nitrogens with zero attached hydrogens (tertiary/aromatic N) is 2. The zero-order chi connectivity index (χ0) is 12.4. The Morgan fingerprint density at radius 3 is 2.88 bits per heavy atom. The van der Waals surface area contributed by atoms with Gasteiger partial charge in [-0.1, -0.05) is 17.7 Å². The van der Waals surface area contributed by atoms with E-state index >= 15 is 0 Å². The van der Waals surface area contributed by atoms with Crippen LogP contribution in [0.5, 0.6) is 0 Å². The quantitative estimate of drug-likeness (QED) is 0.913. The van der Waals surface area contributed by atoms with Crippen LogP contribution in [-0.2, 0) is 13.5 Å². The van der Waals surface area contributed by atoms with Crippen LogP contribution in [0.2, 0.25) is 5.02 Å². The van der Waals surface area contributed by atoms with E-state index in [1.165, 1.54) is 12.1 Å². The van der Waals surface area contributed by atoms with Gasteiger partial charge in [-0.05, 0) is 29.7 Å². The Morgan fingerprint density at radius 2 is 2.29 bits per heavy atom. The average molecular weight is 254 g/mol. The molecule has 1 aromatic carbocycles. The Kier molecular flexibility index (Phi) is 3.45. The van der Waals surface area contributed by atoms with E-state index in [9.17, 15) is 4.39 Å². The molecule has 17 heavy (non-hydrogen) atoms. The molecule has 0 aliphatic rings. The van der Waals surface area contributed by atoms with Gasteiger partial charge in [0.25, 0.3) is 0 Å². The zero-order valence-electron chi connectivity index (χ0n) is 9.40. The Labute approximate surface area is 104 Å². The summed E-state index contributed by atoms with van der Waals surface area (Å²) >= 11 is 5.95. The van der Waals surface area contributed by atoms with Gasteiger partial charge in [-0.2, -0.15) is 5.10 Å². The highest BCUT2D eigenvalue weighted by Crippen LogP contribution is 2.24. The van der Waals surface area contributed by atoms with Gasteiger partial charge < -0.3 is 5.73 Å². The predicted molar refractivity (Wildman–Crippen MR) is 65.3 cm³/mol. The zero-order valence-corrected chi connectivity index (χ0v) is 10.2. The summed E-state index contributed by atoms with van der Waals surface area (Å²) in [5.41, 5.74) is 7.82. The van der Waals surface area contributed by atoms with Gasteiger partial charge in [0.05, 0.1) is 6.20 Å². The van der Waals surface area contributed by atoms with Gasteiger partial charge in [0, 0.05) is 24.3 Å². The average Bonchev–Trinajstić information content (AvgIpc) is 2.63. The molecule has 0 amide bonds. The van der Waals surface area contributed by atoms with Crippen molar-refractivity contribution in [2.75, 3.05) is 0 Å². The third kappa shape index (κ3) is 2.84. The van der Waals surface area contributed by atoms with Crippen LogP contribution >= 0.6 is 11.6 Å². The molecule has 1 heterocycles. The molecule has 0 spiro atoms. The van der Waals surface area contributed by atoms with Crippen molar-refractivity contribution in [2.24, 2.45) is 12.8 Å². The fourth-order valence-corrected chi connectivity index (χ4v) is 2.05. The summed E-state index contributed by atoms with van der Waals surface area (Å²) in [6.45, 7) is 0. The summed E-state index contributed by atoms with van der Waals surface area (Å²) in [5, 5.41) is 4.43. The second-order valence-electron chi connectivity index (χ2n) is 4.00. The van der Waals surface area contributed by atoms with Crippen LogP contribution < -0.4 is 5.73 Å². The summed E-state index contributed by atoms with van der Waals surface area (Å²) < 4.78 is 14.6. The fourth-order valence-electron chi connectivity index (χ4n) is 1.74. The molecule has 1 atom stereocenters. The van der Waals surface area contributed by atoms with Crippen molar-refractivity contribution in [3.63, 3.8) is 0 Å². The topological polar surface area (TPSA) is 43.8 Å². The maximum Gasteiger partial charge on any atom is 0.124 e. The van der Waals surface area contributed by atoms with Gasteiger partial charge in [-0.15, -0.1) is 0 Å². The monoisotopic (exact) mass is 253 g/mol.